The third-order valence-electron chi connectivity index (χ3n) is 3.31. The van der Waals surface area contributed by atoms with Crippen molar-refractivity contribution >= 4 is 39.8 Å². The summed E-state index contributed by atoms with van der Waals surface area (Å²) >= 11 is 3.36. The van der Waals surface area contributed by atoms with Crippen LogP contribution in [0.3, 0.4) is 0 Å². The van der Waals surface area contributed by atoms with E-state index in [1.807, 2.05) is 12.1 Å². The van der Waals surface area contributed by atoms with Crippen molar-refractivity contribution in [2.45, 2.75) is 6.92 Å². The first-order chi connectivity index (χ1) is 11.5. The molecule has 1 aliphatic rings. The summed E-state index contributed by atoms with van der Waals surface area (Å²) in [6, 6.07) is 8.75. The largest absolute Gasteiger partial charge is 0.465 e. The fourth-order valence-corrected chi connectivity index (χ4v) is 2.58. The van der Waals surface area contributed by atoms with Crippen molar-refractivity contribution in [3.63, 3.8) is 0 Å². The van der Waals surface area contributed by atoms with Crippen LogP contribution in [0.4, 0.5) is 0 Å². The number of carbonyl (C=O) groups is 2. The van der Waals surface area contributed by atoms with Crippen LogP contribution in [0.5, 0.6) is 0 Å². The van der Waals surface area contributed by atoms with Crippen molar-refractivity contribution in [3.8, 4) is 0 Å². The number of hydrogen-bond acceptors (Lipinski definition) is 6. The lowest BCUT2D eigenvalue weighted by molar-refractivity contribution is -0.129. The Morgan fingerprint density at radius 3 is 2.83 bits per heavy atom. The Labute approximate surface area is 145 Å². The normalized spacial score (nSPS) is 15.4. The molecular formula is C17H12BrNO5. The van der Waals surface area contributed by atoms with Crippen LogP contribution in [0.2, 0.25) is 0 Å². The van der Waals surface area contributed by atoms with Gasteiger partial charge in [0.1, 0.15) is 17.1 Å². The summed E-state index contributed by atoms with van der Waals surface area (Å²) in [5.74, 6) is -0.161. The molecule has 0 aliphatic carbocycles. The second-order valence-electron chi connectivity index (χ2n) is 4.96. The summed E-state index contributed by atoms with van der Waals surface area (Å²) in [5, 5.41) is 0. The van der Waals surface area contributed by atoms with Crippen molar-refractivity contribution in [3.05, 3.63) is 63.1 Å². The zero-order valence-corrected chi connectivity index (χ0v) is 14.4. The number of aryl methyl sites for hydroxylation is 1. The fourth-order valence-electron chi connectivity index (χ4n) is 2.18. The topological polar surface area (TPSA) is 78.1 Å². The van der Waals surface area contributed by atoms with E-state index in [9.17, 15) is 9.59 Å². The number of furan rings is 1. The Morgan fingerprint density at radius 2 is 2.12 bits per heavy atom. The predicted octanol–water partition coefficient (Wildman–Crippen LogP) is 3.48. The maximum Gasteiger partial charge on any atom is 0.363 e. The molecule has 0 fully saturated rings. The average Bonchev–Trinajstić information content (AvgIpc) is 3.10. The molecule has 122 valence electrons. The van der Waals surface area contributed by atoms with Crippen LogP contribution >= 0.6 is 15.9 Å². The summed E-state index contributed by atoms with van der Waals surface area (Å²) in [6.07, 6.45) is 1.42. The highest BCUT2D eigenvalue weighted by Crippen LogP contribution is 2.23. The lowest BCUT2D eigenvalue weighted by atomic mass is 10.2. The van der Waals surface area contributed by atoms with E-state index in [1.54, 1.807) is 19.1 Å². The lowest BCUT2D eigenvalue weighted by Crippen LogP contribution is -2.05. The minimum absolute atomic E-state index is 0.0927. The van der Waals surface area contributed by atoms with Crippen molar-refractivity contribution in [2.75, 3.05) is 7.11 Å². The van der Waals surface area contributed by atoms with E-state index in [0.717, 1.165) is 4.47 Å². The predicted molar refractivity (Wildman–Crippen MR) is 89.5 cm³/mol. The maximum absolute atomic E-state index is 12.0. The van der Waals surface area contributed by atoms with Crippen LogP contribution in [-0.2, 0) is 14.3 Å². The standard InChI is InChI=1S/C17H12BrNO5/c1-9-13(16(20)22-2)7-12(23-9)8-14-17(21)24-15(19-14)10-4-3-5-11(18)6-10/h3-8H,1-2H3/b14-8-. The number of aliphatic imine (C=N–C) groups is 1. The Morgan fingerprint density at radius 1 is 1.33 bits per heavy atom. The Bertz CT molecular complexity index is 894. The molecule has 6 nitrogen and oxygen atoms in total. The molecule has 24 heavy (non-hydrogen) atoms. The summed E-state index contributed by atoms with van der Waals surface area (Å²) in [4.78, 5) is 27.8. The number of esters is 2. The van der Waals surface area contributed by atoms with E-state index < -0.39 is 11.9 Å². The SMILES string of the molecule is COC(=O)c1cc(/C=C2\N=C(c3cccc(Br)c3)OC2=O)oc1C. The number of cyclic esters (lactones) is 1. The highest BCUT2D eigenvalue weighted by molar-refractivity contribution is 9.10. The van der Waals surface area contributed by atoms with Crippen LogP contribution in [-0.4, -0.2) is 24.9 Å². The van der Waals surface area contributed by atoms with Crippen LogP contribution in [0.15, 0.2) is 49.9 Å². The lowest BCUT2D eigenvalue weighted by Gasteiger charge is -1.99. The summed E-state index contributed by atoms with van der Waals surface area (Å²) < 4.78 is 16.1. The molecule has 3 rings (SSSR count). The summed E-state index contributed by atoms with van der Waals surface area (Å²) in [7, 11) is 1.29. The van der Waals surface area contributed by atoms with Gasteiger partial charge in [0, 0.05) is 16.1 Å². The van der Waals surface area contributed by atoms with Crippen LogP contribution in [0.25, 0.3) is 6.08 Å². The van der Waals surface area contributed by atoms with Crippen LogP contribution in [0, 0.1) is 6.92 Å². The molecule has 1 aromatic carbocycles. The average molecular weight is 390 g/mol. The quantitative estimate of drug-likeness (QED) is 0.592. The number of methoxy groups -OCH3 is 1. The van der Waals surface area contributed by atoms with Gasteiger partial charge in [-0.05, 0) is 31.2 Å². The first-order valence-electron chi connectivity index (χ1n) is 6.95. The van der Waals surface area contributed by atoms with Gasteiger partial charge in [-0.15, -0.1) is 0 Å². The molecule has 7 heteroatoms. The molecule has 0 spiro atoms. The van der Waals surface area contributed by atoms with Gasteiger partial charge in [-0.25, -0.2) is 14.6 Å². The molecule has 1 aliphatic heterocycles. The van der Waals surface area contributed by atoms with Crippen molar-refractivity contribution in [2.24, 2.45) is 4.99 Å². The van der Waals surface area contributed by atoms with Gasteiger partial charge in [-0.2, -0.15) is 0 Å². The van der Waals surface area contributed by atoms with Crippen LogP contribution < -0.4 is 0 Å². The number of carbonyl (C=O) groups excluding carboxylic acids is 2. The van der Waals surface area contributed by atoms with E-state index in [4.69, 9.17) is 9.15 Å². The molecule has 0 saturated heterocycles. The van der Waals surface area contributed by atoms with Gasteiger partial charge in [0.2, 0.25) is 5.90 Å². The monoisotopic (exact) mass is 389 g/mol. The zero-order valence-electron chi connectivity index (χ0n) is 12.8. The molecule has 0 amide bonds. The summed E-state index contributed by atoms with van der Waals surface area (Å²) in [6.45, 7) is 1.64. The molecule has 0 bridgehead atoms. The number of halogens is 1. The molecule has 0 radical (unpaired) electrons. The van der Waals surface area contributed by atoms with Gasteiger partial charge >= 0.3 is 11.9 Å². The van der Waals surface area contributed by atoms with Crippen molar-refractivity contribution in [1.29, 1.82) is 0 Å². The smallest absolute Gasteiger partial charge is 0.363 e. The maximum atomic E-state index is 12.0. The number of ether oxygens (including phenoxy) is 2. The molecular weight excluding hydrogens is 378 g/mol. The Kier molecular flexibility index (Phi) is 4.35. The van der Waals surface area contributed by atoms with E-state index in [1.165, 1.54) is 19.3 Å². The molecule has 1 aromatic heterocycles. The first kappa shape index (κ1) is 16.2. The second-order valence-corrected chi connectivity index (χ2v) is 5.87. The molecule has 0 atom stereocenters. The van der Waals surface area contributed by atoms with Gasteiger partial charge < -0.3 is 13.9 Å². The molecule has 2 aromatic rings. The molecule has 2 heterocycles. The van der Waals surface area contributed by atoms with Crippen LogP contribution in [0.1, 0.15) is 27.4 Å². The fraction of sp³-hybridized carbons (Fsp3) is 0.118. The highest BCUT2D eigenvalue weighted by Gasteiger charge is 2.25. The van der Waals surface area contributed by atoms with E-state index in [0.29, 0.717) is 22.6 Å². The van der Waals surface area contributed by atoms with Crippen molar-refractivity contribution < 1.29 is 23.5 Å². The molecule has 0 unspecified atom stereocenters. The Balaban J connectivity index is 1.93. The number of benzene rings is 1. The minimum atomic E-state index is -0.585. The van der Waals surface area contributed by atoms with E-state index in [2.05, 4.69) is 25.7 Å². The van der Waals surface area contributed by atoms with Gasteiger partial charge in [0.15, 0.2) is 5.70 Å². The number of hydrogen-bond donors (Lipinski definition) is 0. The first-order valence-corrected chi connectivity index (χ1v) is 7.74. The third kappa shape index (κ3) is 3.16. The minimum Gasteiger partial charge on any atom is -0.465 e. The van der Waals surface area contributed by atoms with E-state index in [-0.39, 0.29) is 11.6 Å². The van der Waals surface area contributed by atoms with Crippen molar-refractivity contribution in [1.82, 2.24) is 0 Å². The van der Waals surface area contributed by atoms with Gasteiger partial charge in [-0.1, -0.05) is 22.0 Å². The van der Waals surface area contributed by atoms with Gasteiger partial charge in [-0.3, -0.25) is 0 Å². The third-order valence-corrected chi connectivity index (χ3v) is 3.81. The second kappa shape index (κ2) is 6.45. The van der Waals surface area contributed by atoms with E-state index >= 15 is 0 Å². The molecule has 0 saturated carbocycles. The number of nitrogens with zero attached hydrogens (tertiary/aromatic N) is 1. The van der Waals surface area contributed by atoms with Gasteiger partial charge in [0.05, 0.1) is 7.11 Å². The van der Waals surface area contributed by atoms with Gasteiger partial charge in [0.25, 0.3) is 0 Å². The number of rotatable bonds is 3. The molecule has 0 N–H and O–H groups in total. The Hall–Kier alpha value is -2.67. The summed E-state index contributed by atoms with van der Waals surface area (Å²) in [5.41, 5.74) is 1.06. The highest BCUT2D eigenvalue weighted by atomic mass is 79.9. The zero-order chi connectivity index (χ0) is 17.3.